The van der Waals surface area contributed by atoms with E-state index in [9.17, 15) is 9.90 Å². The lowest BCUT2D eigenvalue weighted by Crippen LogP contribution is -2.41. The van der Waals surface area contributed by atoms with Crippen molar-refractivity contribution in [3.63, 3.8) is 0 Å². The second-order valence-corrected chi connectivity index (χ2v) is 6.76. The summed E-state index contributed by atoms with van der Waals surface area (Å²) in [5, 5.41) is 14.8. The van der Waals surface area contributed by atoms with Crippen LogP contribution in [0.25, 0.3) is 11.0 Å². The van der Waals surface area contributed by atoms with E-state index in [-0.39, 0.29) is 11.9 Å². The van der Waals surface area contributed by atoms with Gasteiger partial charge in [0, 0.05) is 30.7 Å². The van der Waals surface area contributed by atoms with Crippen molar-refractivity contribution in [1.29, 1.82) is 0 Å². The summed E-state index contributed by atoms with van der Waals surface area (Å²) in [6, 6.07) is 1.84. The maximum atomic E-state index is 12.7. The molecule has 0 aliphatic rings. The minimum atomic E-state index is -0.563. The molecule has 6 heteroatoms. The Bertz CT molecular complexity index is 676. The Kier molecular flexibility index (Phi) is 5.36. The highest BCUT2D eigenvalue weighted by Gasteiger charge is 2.21. The van der Waals surface area contributed by atoms with Gasteiger partial charge in [-0.1, -0.05) is 13.8 Å². The molecule has 0 saturated heterocycles. The summed E-state index contributed by atoms with van der Waals surface area (Å²) in [6.07, 6.45) is 2.78. The first-order chi connectivity index (χ1) is 10.8. The molecule has 2 aromatic heterocycles. The van der Waals surface area contributed by atoms with Crippen LogP contribution in [-0.2, 0) is 6.54 Å². The van der Waals surface area contributed by atoms with Crippen molar-refractivity contribution >= 4 is 16.9 Å². The zero-order valence-electron chi connectivity index (χ0n) is 14.5. The predicted molar refractivity (Wildman–Crippen MR) is 90.2 cm³/mol. The molecule has 126 valence electrons. The number of carbonyl (C=O) groups is 1. The highest BCUT2D eigenvalue weighted by molar-refractivity contribution is 5.97. The van der Waals surface area contributed by atoms with Gasteiger partial charge < -0.3 is 10.0 Å². The summed E-state index contributed by atoms with van der Waals surface area (Å²) in [5.74, 6) is 0.357. The van der Waals surface area contributed by atoms with Crippen molar-refractivity contribution < 1.29 is 9.90 Å². The van der Waals surface area contributed by atoms with Crippen LogP contribution in [0.1, 0.15) is 45.0 Å². The molecule has 6 nitrogen and oxygen atoms in total. The van der Waals surface area contributed by atoms with Gasteiger partial charge in [-0.15, -0.1) is 0 Å². The Morgan fingerprint density at radius 2 is 1.96 bits per heavy atom. The van der Waals surface area contributed by atoms with Crippen molar-refractivity contribution in [3.8, 4) is 0 Å². The molecule has 1 amide bonds. The van der Waals surface area contributed by atoms with E-state index in [4.69, 9.17) is 0 Å². The summed E-state index contributed by atoms with van der Waals surface area (Å²) in [4.78, 5) is 18.8. The molecule has 23 heavy (non-hydrogen) atoms. The zero-order valence-corrected chi connectivity index (χ0v) is 14.5. The topological polar surface area (TPSA) is 71.2 Å². The van der Waals surface area contributed by atoms with Gasteiger partial charge in [0.15, 0.2) is 5.65 Å². The van der Waals surface area contributed by atoms with Crippen molar-refractivity contribution in [2.45, 2.75) is 53.3 Å². The molecule has 1 unspecified atom stereocenters. The smallest absolute Gasteiger partial charge is 0.255 e. The van der Waals surface area contributed by atoms with Gasteiger partial charge in [-0.25, -0.2) is 9.67 Å². The van der Waals surface area contributed by atoms with Gasteiger partial charge in [-0.2, -0.15) is 5.10 Å². The largest absolute Gasteiger partial charge is 0.392 e. The Hall–Kier alpha value is -1.95. The average molecular weight is 318 g/mol. The van der Waals surface area contributed by atoms with E-state index in [1.54, 1.807) is 24.2 Å². The molecule has 0 aromatic carbocycles. The van der Waals surface area contributed by atoms with Crippen LogP contribution in [0.3, 0.4) is 0 Å². The van der Waals surface area contributed by atoms with E-state index in [1.807, 2.05) is 24.6 Å². The number of pyridine rings is 1. The lowest BCUT2D eigenvalue weighted by molar-refractivity contribution is 0.0578. The predicted octanol–water partition coefficient (Wildman–Crippen LogP) is 2.32. The second kappa shape index (κ2) is 7.08. The number of hydrogen-bond donors (Lipinski definition) is 1. The van der Waals surface area contributed by atoms with E-state index < -0.39 is 6.10 Å². The Morgan fingerprint density at radius 1 is 1.26 bits per heavy atom. The molecule has 1 atom stereocenters. The van der Waals surface area contributed by atoms with E-state index >= 15 is 0 Å². The number of carbonyl (C=O) groups excluding carboxylic acids is 1. The van der Waals surface area contributed by atoms with Gasteiger partial charge in [0.1, 0.15) is 0 Å². The van der Waals surface area contributed by atoms with Crippen LogP contribution in [0.2, 0.25) is 0 Å². The van der Waals surface area contributed by atoms with Crippen LogP contribution in [0.5, 0.6) is 0 Å². The maximum absolute atomic E-state index is 12.7. The number of fused-ring (bicyclic) bond motifs is 1. The zero-order chi connectivity index (χ0) is 17.1. The van der Waals surface area contributed by atoms with Gasteiger partial charge >= 0.3 is 0 Å². The van der Waals surface area contributed by atoms with E-state index in [2.05, 4.69) is 23.9 Å². The quantitative estimate of drug-likeness (QED) is 0.887. The lowest BCUT2D eigenvalue weighted by Gasteiger charge is -2.28. The van der Waals surface area contributed by atoms with Crippen molar-refractivity contribution in [1.82, 2.24) is 19.7 Å². The number of aliphatic hydroxyl groups is 1. The third kappa shape index (κ3) is 4.07. The molecule has 0 spiro atoms. The average Bonchev–Trinajstić information content (AvgIpc) is 2.85. The molecule has 0 saturated carbocycles. The molecule has 2 rings (SSSR count). The Morgan fingerprint density at radius 3 is 2.52 bits per heavy atom. The molecule has 0 bridgehead atoms. The molecular formula is C17H26N4O2. The molecular weight excluding hydrogens is 292 g/mol. The number of rotatable bonds is 6. The fraction of sp³-hybridized carbons (Fsp3) is 0.588. The molecule has 1 N–H and O–H groups in total. The normalized spacial score (nSPS) is 13.0. The molecule has 2 heterocycles. The molecule has 0 aliphatic carbocycles. The number of amides is 1. The number of aromatic nitrogens is 3. The molecule has 2 aromatic rings. The van der Waals surface area contributed by atoms with Crippen molar-refractivity contribution in [2.24, 2.45) is 5.92 Å². The first-order valence-electron chi connectivity index (χ1n) is 8.10. The number of aliphatic hydroxyl groups excluding tert-OH is 1. The summed E-state index contributed by atoms with van der Waals surface area (Å²) >= 11 is 0. The van der Waals surface area contributed by atoms with Gasteiger partial charge in [0.25, 0.3) is 5.91 Å². The van der Waals surface area contributed by atoms with Gasteiger partial charge in [0.05, 0.1) is 17.9 Å². The molecule has 0 radical (unpaired) electrons. The third-order valence-electron chi connectivity index (χ3n) is 3.61. The Balaban J connectivity index is 2.30. The van der Waals surface area contributed by atoms with Crippen LogP contribution in [0.15, 0.2) is 18.5 Å². The summed E-state index contributed by atoms with van der Waals surface area (Å²) in [5.41, 5.74) is 1.32. The van der Waals surface area contributed by atoms with Gasteiger partial charge in [-0.3, -0.25) is 4.79 Å². The van der Waals surface area contributed by atoms with Crippen LogP contribution in [0.4, 0.5) is 0 Å². The van der Waals surface area contributed by atoms with Crippen molar-refractivity contribution in [3.05, 3.63) is 24.0 Å². The standard InChI is InChI=1S/C17H26N4O2/c1-11(2)9-21-16-14(8-19-21)6-15(7-18-16)17(23)20(12(3)4)10-13(5)22/h6-8,11-13,22H,9-10H2,1-5H3. The van der Waals surface area contributed by atoms with E-state index in [0.29, 0.717) is 18.0 Å². The summed E-state index contributed by atoms with van der Waals surface area (Å²) in [7, 11) is 0. The fourth-order valence-corrected chi connectivity index (χ4v) is 2.55. The minimum absolute atomic E-state index is 0.0106. The lowest BCUT2D eigenvalue weighted by atomic mass is 10.1. The SMILES string of the molecule is CC(C)Cn1ncc2cc(C(=O)N(CC(C)O)C(C)C)cnc21. The van der Waals surface area contributed by atoms with Gasteiger partial charge in [-0.05, 0) is 32.8 Å². The van der Waals surface area contributed by atoms with Crippen molar-refractivity contribution in [2.75, 3.05) is 6.54 Å². The maximum Gasteiger partial charge on any atom is 0.255 e. The van der Waals surface area contributed by atoms with E-state index in [0.717, 1.165) is 17.6 Å². The van der Waals surface area contributed by atoms with Crippen LogP contribution in [0, 0.1) is 5.92 Å². The summed E-state index contributed by atoms with van der Waals surface area (Å²) in [6.45, 7) is 10.9. The Labute approximate surface area is 137 Å². The van der Waals surface area contributed by atoms with E-state index in [1.165, 1.54) is 0 Å². The second-order valence-electron chi connectivity index (χ2n) is 6.76. The summed E-state index contributed by atoms with van der Waals surface area (Å²) < 4.78 is 1.87. The first kappa shape index (κ1) is 17.4. The number of nitrogens with zero attached hydrogens (tertiary/aromatic N) is 4. The monoisotopic (exact) mass is 318 g/mol. The minimum Gasteiger partial charge on any atom is -0.392 e. The van der Waals surface area contributed by atoms with Crippen LogP contribution < -0.4 is 0 Å². The van der Waals surface area contributed by atoms with Crippen LogP contribution >= 0.6 is 0 Å². The molecule has 0 fully saturated rings. The highest BCUT2D eigenvalue weighted by atomic mass is 16.3. The fourth-order valence-electron chi connectivity index (χ4n) is 2.55. The number of hydrogen-bond acceptors (Lipinski definition) is 4. The first-order valence-corrected chi connectivity index (χ1v) is 8.10. The van der Waals surface area contributed by atoms with Crippen LogP contribution in [-0.4, -0.2) is 49.4 Å². The van der Waals surface area contributed by atoms with Gasteiger partial charge in [0.2, 0.25) is 0 Å². The highest BCUT2D eigenvalue weighted by Crippen LogP contribution is 2.16. The molecule has 0 aliphatic heterocycles. The third-order valence-corrected chi connectivity index (χ3v) is 3.61.